The molecule has 0 fully saturated rings. The van der Waals surface area contributed by atoms with Crippen LogP contribution in [-0.4, -0.2) is 11.2 Å². The number of hydrogen-bond donors (Lipinski definition) is 2. The molecule has 2 amide bonds. The van der Waals surface area contributed by atoms with Gasteiger partial charge in [0, 0.05) is 10.9 Å². The van der Waals surface area contributed by atoms with Gasteiger partial charge in [-0.3, -0.25) is 5.32 Å². The smallest absolute Gasteiger partial charge is 0.320 e. The van der Waals surface area contributed by atoms with Crippen molar-refractivity contribution in [1.29, 1.82) is 0 Å². The van der Waals surface area contributed by atoms with Gasteiger partial charge in [-0.05, 0) is 25.3 Å². The fourth-order valence-electron chi connectivity index (χ4n) is 1.38. The third-order valence-corrected chi connectivity index (χ3v) is 3.24. The highest BCUT2D eigenvalue weighted by Crippen LogP contribution is 2.18. The number of amides is 2. The van der Waals surface area contributed by atoms with Crippen LogP contribution >= 0.6 is 11.3 Å². The molecular weight excluding hydrogens is 238 g/mol. The molecule has 0 aliphatic heterocycles. The Morgan fingerprint density at radius 1 is 1.59 bits per heavy atom. The van der Waals surface area contributed by atoms with Crippen molar-refractivity contribution in [3.8, 4) is 0 Å². The first-order valence-electron chi connectivity index (χ1n) is 5.19. The van der Waals surface area contributed by atoms with E-state index in [1.807, 2.05) is 24.4 Å². The average molecular weight is 251 g/mol. The van der Waals surface area contributed by atoms with E-state index in [4.69, 9.17) is 4.52 Å². The van der Waals surface area contributed by atoms with Gasteiger partial charge in [0.25, 0.3) is 0 Å². The summed E-state index contributed by atoms with van der Waals surface area (Å²) in [5.41, 5.74) is 0. The molecule has 0 spiro atoms. The first-order valence-corrected chi connectivity index (χ1v) is 6.07. The summed E-state index contributed by atoms with van der Waals surface area (Å²) in [6.07, 6.45) is 0. The maximum Gasteiger partial charge on any atom is 0.320 e. The highest BCUT2D eigenvalue weighted by atomic mass is 32.1. The van der Waals surface area contributed by atoms with Gasteiger partial charge in [0.15, 0.2) is 5.82 Å². The summed E-state index contributed by atoms with van der Waals surface area (Å²) in [6, 6.07) is 5.28. The number of thiophene rings is 1. The molecule has 90 valence electrons. The summed E-state index contributed by atoms with van der Waals surface area (Å²) in [4.78, 5) is 12.7. The Morgan fingerprint density at radius 2 is 2.41 bits per heavy atom. The van der Waals surface area contributed by atoms with Crippen LogP contribution < -0.4 is 10.6 Å². The van der Waals surface area contributed by atoms with Crippen molar-refractivity contribution in [3.05, 3.63) is 34.2 Å². The summed E-state index contributed by atoms with van der Waals surface area (Å²) in [6.45, 7) is 3.70. The molecule has 17 heavy (non-hydrogen) atoms. The Labute approximate surface area is 103 Å². The summed E-state index contributed by atoms with van der Waals surface area (Å²) < 4.78 is 4.85. The molecule has 2 N–H and O–H groups in total. The Bertz CT molecular complexity index is 493. The lowest BCUT2D eigenvalue weighted by Gasteiger charge is -2.11. The molecule has 5 nitrogen and oxygen atoms in total. The summed E-state index contributed by atoms with van der Waals surface area (Å²) in [7, 11) is 0. The van der Waals surface area contributed by atoms with Crippen molar-refractivity contribution < 1.29 is 9.32 Å². The van der Waals surface area contributed by atoms with Crippen LogP contribution in [0.2, 0.25) is 0 Å². The van der Waals surface area contributed by atoms with Gasteiger partial charge in [-0.25, -0.2) is 4.79 Å². The van der Waals surface area contributed by atoms with E-state index in [0.717, 1.165) is 4.88 Å². The minimum absolute atomic E-state index is 0.0250. The lowest BCUT2D eigenvalue weighted by molar-refractivity contribution is 0.249. The molecule has 0 saturated heterocycles. The van der Waals surface area contributed by atoms with Crippen molar-refractivity contribution in [2.45, 2.75) is 19.9 Å². The van der Waals surface area contributed by atoms with E-state index in [-0.39, 0.29) is 12.1 Å². The van der Waals surface area contributed by atoms with Crippen LogP contribution in [0.25, 0.3) is 0 Å². The second-order valence-corrected chi connectivity index (χ2v) is 4.64. The molecule has 0 unspecified atom stereocenters. The summed E-state index contributed by atoms with van der Waals surface area (Å²) >= 11 is 1.61. The van der Waals surface area contributed by atoms with Crippen LogP contribution in [-0.2, 0) is 0 Å². The van der Waals surface area contributed by atoms with Gasteiger partial charge in [0.1, 0.15) is 5.76 Å². The second kappa shape index (κ2) is 5.01. The number of nitrogens with zero attached hydrogens (tertiary/aromatic N) is 1. The second-order valence-electron chi connectivity index (χ2n) is 3.66. The molecule has 0 aliphatic rings. The largest absolute Gasteiger partial charge is 0.360 e. The normalized spacial score (nSPS) is 12.1. The fourth-order valence-corrected chi connectivity index (χ4v) is 2.12. The molecule has 0 radical (unpaired) electrons. The highest BCUT2D eigenvalue weighted by Gasteiger charge is 2.11. The minimum atomic E-state index is -0.292. The lowest BCUT2D eigenvalue weighted by Crippen LogP contribution is -2.30. The molecule has 2 rings (SSSR count). The topological polar surface area (TPSA) is 67.2 Å². The van der Waals surface area contributed by atoms with Gasteiger partial charge in [-0.2, -0.15) is 0 Å². The molecule has 1 atom stereocenters. The van der Waals surface area contributed by atoms with Crippen molar-refractivity contribution >= 4 is 23.2 Å². The zero-order chi connectivity index (χ0) is 12.3. The summed E-state index contributed by atoms with van der Waals surface area (Å²) in [5.74, 6) is 1.07. The van der Waals surface area contributed by atoms with Crippen LogP contribution in [0.3, 0.4) is 0 Å². The van der Waals surface area contributed by atoms with Gasteiger partial charge >= 0.3 is 6.03 Å². The Kier molecular flexibility index (Phi) is 3.43. The fraction of sp³-hybridized carbons (Fsp3) is 0.273. The predicted molar refractivity (Wildman–Crippen MR) is 66.1 cm³/mol. The zero-order valence-corrected chi connectivity index (χ0v) is 10.4. The van der Waals surface area contributed by atoms with E-state index < -0.39 is 0 Å². The van der Waals surface area contributed by atoms with E-state index in [1.165, 1.54) is 0 Å². The van der Waals surface area contributed by atoms with Crippen LogP contribution in [0.15, 0.2) is 28.1 Å². The maximum atomic E-state index is 11.6. The molecule has 0 saturated carbocycles. The van der Waals surface area contributed by atoms with Gasteiger partial charge in [0.05, 0.1) is 6.04 Å². The number of nitrogens with one attached hydrogen (secondary N) is 2. The van der Waals surface area contributed by atoms with Gasteiger partial charge in [-0.15, -0.1) is 11.3 Å². The van der Waals surface area contributed by atoms with Crippen molar-refractivity contribution in [3.63, 3.8) is 0 Å². The van der Waals surface area contributed by atoms with Crippen molar-refractivity contribution in [1.82, 2.24) is 10.5 Å². The van der Waals surface area contributed by atoms with E-state index in [0.29, 0.717) is 11.6 Å². The Hall–Kier alpha value is -1.82. The van der Waals surface area contributed by atoms with Crippen molar-refractivity contribution in [2.24, 2.45) is 0 Å². The zero-order valence-electron chi connectivity index (χ0n) is 9.56. The monoisotopic (exact) mass is 251 g/mol. The van der Waals surface area contributed by atoms with Crippen LogP contribution in [0.4, 0.5) is 10.6 Å². The number of urea groups is 1. The lowest BCUT2D eigenvalue weighted by atomic mass is 10.3. The third-order valence-electron chi connectivity index (χ3n) is 2.19. The SMILES string of the molecule is Cc1cc(NC(=O)N[C@@H](C)c2cccs2)no1. The van der Waals surface area contributed by atoms with E-state index >= 15 is 0 Å². The van der Waals surface area contributed by atoms with Crippen LogP contribution in [0, 0.1) is 6.92 Å². The quantitative estimate of drug-likeness (QED) is 0.881. The van der Waals surface area contributed by atoms with Crippen LogP contribution in [0.1, 0.15) is 23.6 Å². The molecule has 0 aliphatic carbocycles. The van der Waals surface area contributed by atoms with Gasteiger partial charge in [0.2, 0.25) is 0 Å². The molecule has 2 heterocycles. The molecular formula is C11H13N3O2S. The highest BCUT2D eigenvalue weighted by molar-refractivity contribution is 7.10. The number of anilines is 1. The third kappa shape index (κ3) is 3.07. The Morgan fingerprint density at radius 3 is 3.00 bits per heavy atom. The number of rotatable bonds is 3. The summed E-state index contributed by atoms with van der Waals surface area (Å²) in [5, 5.41) is 11.1. The predicted octanol–water partition coefficient (Wildman–Crippen LogP) is 2.93. The number of carbonyl (C=O) groups is 1. The molecule has 2 aromatic rings. The van der Waals surface area contributed by atoms with E-state index in [2.05, 4.69) is 15.8 Å². The van der Waals surface area contributed by atoms with Gasteiger partial charge < -0.3 is 9.84 Å². The number of carbonyl (C=O) groups excluding carboxylic acids is 1. The number of aromatic nitrogens is 1. The first kappa shape index (κ1) is 11.7. The maximum absolute atomic E-state index is 11.6. The first-order chi connectivity index (χ1) is 8.15. The van der Waals surface area contributed by atoms with Crippen LogP contribution in [0.5, 0.6) is 0 Å². The molecule has 0 bridgehead atoms. The standard InChI is InChI=1S/C11H13N3O2S/c1-7-6-10(14-16-7)13-11(15)12-8(2)9-4-3-5-17-9/h3-6,8H,1-2H3,(H2,12,13,14,15)/t8-/m0/s1. The van der Waals surface area contributed by atoms with E-state index in [9.17, 15) is 4.79 Å². The molecule has 0 aromatic carbocycles. The van der Waals surface area contributed by atoms with Gasteiger partial charge in [-0.1, -0.05) is 11.2 Å². The number of hydrogen-bond acceptors (Lipinski definition) is 4. The average Bonchev–Trinajstić information content (AvgIpc) is 2.89. The molecule has 6 heteroatoms. The van der Waals surface area contributed by atoms with Crippen molar-refractivity contribution in [2.75, 3.05) is 5.32 Å². The van der Waals surface area contributed by atoms with E-state index in [1.54, 1.807) is 24.3 Å². The number of aryl methyl sites for hydroxylation is 1. The minimum Gasteiger partial charge on any atom is -0.360 e. The Balaban J connectivity index is 1.89. The molecule has 2 aromatic heterocycles.